The van der Waals surface area contributed by atoms with Crippen LogP contribution in [0.4, 0.5) is 5.69 Å². The van der Waals surface area contributed by atoms with E-state index in [1.807, 2.05) is 18.2 Å². The maximum atomic E-state index is 12.5. The number of fused-ring (bicyclic) bond motifs is 1. The fourth-order valence-corrected chi connectivity index (χ4v) is 2.30. The number of aryl methyl sites for hydroxylation is 1. The molecule has 0 aliphatic carbocycles. The summed E-state index contributed by atoms with van der Waals surface area (Å²) in [7, 11) is 4.94. The zero-order valence-corrected chi connectivity index (χ0v) is 14.6. The summed E-state index contributed by atoms with van der Waals surface area (Å²) in [5.41, 5.74) is 7.18. The zero-order chi connectivity index (χ0) is 18.6. The highest BCUT2D eigenvalue weighted by Crippen LogP contribution is 2.22. The van der Waals surface area contributed by atoms with Gasteiger partial charge in [-0.3, -0.25) is 15.2 Å². The van der Waals surface area contributed by atoms with E-state index in [1.54, 1.807) is 33.4 Å². The minimum Gasteiger partial charge on any atom is -0.387 e. The lowest BCUT2D eigenvalue weighted by Gasteiger charge is -2.16. The highest BCUT2D eigenvalue weighted by atomic mass is 16.1. The molecule has 1 heterocycles. The fourth-order valence-electron chi connectivity index (χ4n) is 2.30. The smallest absolute Gasteiger partial charge is 0.260 e. The molecule has 0 fully saturated rings. The fraction of sp³-hybridized carbons (Fsp3) is 0.167. The summed E-state index contributed by atoms with van der Waals surface area (Å²) >= 11 is 0. The summed E-state index contributed by atoms with van der Waals surface area (Å²) in [5, 5.41) is 15.6. The van der Waals surface area contributed by atoms with Gasteiger partial charge in [-0.2, -0.15) is 0 Å². The van der Waals surface area contributed by atoms with Crippen LogP contribution in [0, 0.1) is 5.41 Å². The summed E-state index contributed by atoms with van der Waals surface area (Å²) in [6.45, 7) is 3.80. The minimum absolute atomic E-state index is 0.124. The first kappa shape index (κ1) is 18.0. The topological polar surface area (TPSA) is 108 Å². The van der Waals surface area contributed by atoms with Crippen molar-refractivity contribution in [3.63, 3.8) is 0 Å². The number of aromatic nitrogens is 1. The van der Waals surface area contributed by atoms with E-state index in [1.165, 1.54) is 10.6 Å². The summed E-state index contributed by atoms with van der Waals surface area (Å²) in [6, 6.07) is 7.36. The molecule has 0 bridgehead atoms. The number of hydrogen-bond donors (Lipinski definition) is 4. The number of nitrogens with two attached hydrogens (primary N) is 1. The Kier molecular flexibility index (Phi) is 5.38. The Morgan fingerprint density at radius 3 is 2.76 bits per heavy atom. The Labute approximate surface area is 146 Å². The van der Waals surface area contributed by atoms with Crippen LogP contribution in [-0.2, 0) is 7.05 Å². The van der Waals surface area contributed by atoms with Crippen molar-refractivity contribution < 1.29 is 0 Å². The van der Waals surface area contributed by atoms with Gasteiger partial charge in [-0.1, -0.05) is 18.7 Å². The van der Waals surface area contributed by atoms with Gasteiger partial charge in [0.05, 0.1) is 22.5 Å². The van der Waals surface area contributed by atoms with Crippen LogP contribution in [0.25, 0.3) is 10.8 Å². The molecular formula is C18H22N6O. The van der Waals surface area contributed by atoms with Gasteiger partial charge < -0.3 is 20.9 Å². The van der Waals surface area contributed by atoms with Gasteiger partial charge in [-0.15, -0.1) is 0 Å². The van der Waals surface area contributed by atoms with Crippen molar-refractivity contribution >= 4 is 28.0 Å². The minimum atomic E-state index is -0.129. The van der Waals surface area contributed by atoms with E-state index in [2.05, 4.69) is 22.2 Å². The van der Waals surface area contributed by atoms with E-state index < -0.39 is 0 Å². The number of hydrogen-bond acceptors (Lipinski definition) is 5. The number of pyridine rings is 1. The number of nitrogens with one attached hydrogen (secondary N) is 3. The number of anilines is 1. The van der Waals surface area contributed by atoms with Crippen LogP contribution in [0.2, 0.25) is 0 Å². The number of benzene rings is 1. The predicted octanol–water partition coefficient (Wildman–Crippen LogP) is 1.57. The summed E-state index contributed by atoms with van der Waals surface area (Å²) in [5.74, 6) is 0.254. The van der Waals surface area contributed by atoms with Crippen LogP contribution in [0.3, 0.4) is 0 Å². The van der Waals surface area contributed by atoms with Gasteiger partial charge >= 0.3 is 0 Å². The third kappa shape index (κ3) is 3.77. The van der Waals surface area contributed by atoms with Gasteiger partial charge in [0.2, 0.25) is 0 Å². The highest BCUT2D eigenvalue weighted by Gasteiger charge is 2.13. The number of amidine groups is 1. The first-order valence-electron chi connectivity index (χ1n) is 7.64. The molecule has 0 aliphatic heterocycles. The third-order valence-corrected chi connectivity index (χ3v) is 3.80. The molecular weight excluding hydrogens is 316 g/mol. The first-order valence-corrected chi connectivity index (χ1v) is 7.64. The normalized spacial score (nSPS) is 12.1. The molecule has 0 amide bonds. The van der Waals surface area contributed by atoms with E-state index >= 15 is 0 Å². The summed E-state index contributed by atoms with van der Waals surface area (Å²) in [4.78, 5) is 16.4. The highest BCUT2D eigenvalue weighted by molar-refractivity contribution is 6.15. The van der Waals surface area contributed by atoms with E-state index in [9.17, 15) is 4.79 Å². The molecule has 25 heavy (non-hydrogen) atoms. The van der Waals surface area contributed by atoms with Crippen LogP contribution in [0.5, 0.6) is 0 Å². The summed E-state index contributed by atoms with van der Waals surface area (Å²) < 4.78 is 1.51. The van der Waals surface area contributed by atoms with Crippen molar-refractivity contribution in [1.29, 1.82) is 5.41 Å². The average molecular weight is 338 g/mol. The van der Waals surface area contributed by atoms with Gasteiger partial charge in [0.1, 0.15) is 11.5 Å². The Morgan fingerprint density at radius 1 is 1.40 bits per heavy atom. The molecule has 5 N–H and O–H groups in total. The predicted molar refractivity (Wildman–Crippen MR) is 104 cm³/mol. The second-order valence-electron chi connectivity index (χ2n) is 5.44. The van der Waals surface area contributed by atoms with Crippen molar-refractivity contribution in [3.8, 4) is 0 Å². The molecule has 0 radical (unpaired) electrons. The molecule has 0 atom stereocenters. The molecule has 0 unspecified atom stereocenters. The standard InChI is InChI=1S/C18H22N6O/c1-11(21-2)17(20)14(10-15(19)22-3)23-13-7-5-6-12-8-9-24(4)18(25)16(12)13/h5-10,20-21,23H,1H2,2-4H3,(H2,19,22)/b14-10+,20-17?. The number of aliphatic imine (C=N–C) groups is 1. The van der Waals surface area contributed by atoms with Crippen molar-refractivity contribution in [3.05, 3.63) is 64.9 Å². The number of nitrogens with zero attached hydrogens (tertiary/aromatic N) is 2. The van der Waals surface area contributed by atoms with E-state index in [0.29, 0.717) is 22.5 Å². The number of rotatable bonds is 6. The quantitative estimate of drug-likeness (QED) is 0.473. The van der Waals surface area contributed by atoms with Crippen LogP contribution in [0.1, 0.15) is 0 Å². The second-order valence-corrected chi connectivity index (χ2v) is 5.44. The first-order chi connectivity index (χ1) is 11.9. The lowest BCUT2D eigenvalue weighted by Crippen LogP contribution is -2.23. The maximum absolute atomic E-state index is 12.5. The SMILES string of the molecule is C=C(NC)C(=N)/C(=C\C(N)=NC)Nc1cccc2ccn(C)c(=O)c12. The molecule has 2 rings (SSSR count). The van der Waals surface area contributed by atoms with Crippen molar-refractivity contribution in [2.24, 2.45) is 17.8 Å². The molecule has 7 nitrogen and oxygen atoms in total. The van der Waals surface area contributed by atoms with Crippen LogP contribution < -0.4 is 21.9 Å². The van der Waals surface area contributed by atoms with Gasteiger partial charge in [0.25, 0.3) is 5.56 Å². The Hall–Kier alpha value is -3.35. The van der Waals surface area contributed by atoms with E-state index in [4.69, 9.17) is 11.1 Å². The lowest BCUT2D eigenvalue weighted by atomic mass is 10.1. The van der Waals surface area contributed by atoms with E-state index in [0.717, 1.165) is 5.39 Å². The largest absolute Gasteiger partial charge is 0.387 e. The molecule has 2 aromatic rings. The van der Waals surface area contributed by atoms with E-state index in [-0.39, 0.29) is 17.1 Å². The Bertz CT molecular complexity index is 952. The lowest BCUT2D eigenvalue weighted by molar-refractivity contribution is 0.873. The van der Waals surface area contributed by atoms with Gasteiger partial charge in [-0.05, 0) is 17.5 Å². The van der Waals surface area contributed by atoms with Crippen molar-refractivity contribution in [2.45, 2.75) is 0 Å². The molecule has 0 spiro atoms. The zero-order valence-electron chi connectivity index (χ0n) is 14.6. The Balaban J connectivity index is 2.60. The molecule has 130 valence electrons. The van der Waals surface area contributed by atoms with Crippen LogP contribution >= 0.6 is 0 Å². The molecule has 1 aromatic heterocycles. The second kappa shape index (κ2) is 7.48. The third-order valence-electron chi connectivity index (χ3n) is 3.80. The molecule has 0 saturated heterocycles. The van der Waals surface area contributed by atoms with Crippen LogP contribution in [-0.4, -0.2) is 30.2 Å². The summed E-state index contributed by atoms with van der Waals surface area (Å²) in [6.07, 6.45) is 3.26. The Morgan fingerprint density at radius 2 is 2.12 bits per heavy atom. The van der Waals surface area contributed by atoms with Crippen LogP contribution in [0.15, 0.2) is 64.3 Å². The molecule has 0 saturated carbocycles. The average Bonchev–Trinajstić information content (AvgIpc) is 2.62. The van der Waals surface area contributed by atoms with Gasteiger partial charge in [-0.25, -0.2) is 0 Å². The molecule has 7 heteroatoms. The monoisotopic (exact) mass is 338 g/mol. The molecule has 0 aliphatic rings. The van der Waals surface area contributed by atoms with Crippen molar-refractivity contribution in [2.75, 3.05) is 19.4 Å². The van der Waals surface area contributed by atoms with Crippen molar-refractivity contribution in [1.82, 2.24) is 9.88 Å². The van der Waals surface area contributed by atoms with Gasteiger partial charge in [0.15, 0.2) is 0 Å². The van der Waals surface area contributed by atoms with Gasteiger partial charge in [0, 0.05) is 33.4 Å². The maximum Gasteiger partial charge on any atom is 0.260 e. The molecule has 1 aromatic carbocycles.